The number of rotatable bonds is 5. The zero-order valence-electron chi connectivity index (χ0n) is 9.31. The molecule has 1 amide bonds. The molecular formula is C12H17NO3. The van der Waals surface area contributed by atoms with Gasteiger partial charge in [-0.05, 0) is 31.0 Å². The van der Waals surface area contributed by atoms with Crippen LogP contribution in [0.4, 0.5) is 0 Å². The maximum absolute atomic E-state index is 11.5. The molecule has 0 aliphatic carbocycles. The number of aromatic hydroxyl groups is 1. The second kappa shape index (κ2) is 6.12. The molecule has 88 valence electrons. The molecule has 0 heterocycles. The second-order valence-corrected chi connectivity index (χ2v) is 3.83. The number of carbonyl (C=O) groups excluding carboxylic acids is 1. The van der Waals surface area contributed by atoms with Crippen LogP contribution in [0.15, 0.2) is 24.3 Å². The summed E-state index contributed by atoms with van der Waals surface area (Å²) in [6.45, 7) is 1.91. The molecule has 16 heavy (non-hydrogen) atoms. The first-order chi connectivity index (χ1) is 7.61. The van der Waals surface area contributed by atoms with E-state index in [1.807, 2.05) is 6.92 Å². The van der Waals surface area contributed by atoms with Crippen LogP contribution in [0.2, 0.25) is 0 Å². The summed E-state index contributed by atoms with van der Waals surface area (Å²) < 4.78 is 0. The van der Waals surface area contributed by atoms with Crippen molar-refractivity contribution in [3.05, 3.63) is 29.8 Å². The van der Waals surface area contributed by atoms with E-state index in [0.29, 0.717) is 6.42 Å². The van der Waals surface area contributed by atoms with E-state index in [0.717, 1.165) is 5.56 Å². The van der Waals surface area contributed by atoms with Gasteiger partial charge in [-0.1, -0.05) is 12.1 Å². The lowest BCUT2D eigenvalue weighted by atomic mass is 10.1. The third-order valence-corrected chi connectivity index (χ3v) is 2.24. The summed E-state index contributed by atoms with van der Waals surface area (Å²) in [7, 11) is 0. The van der Waals surface area contributed by atoms with Crippen LogP contribution in [0.1, 0.15) is 18.9 Å². The Morgan fingerprint density at radius 3 is 2.88 bits per heavy atom. The summed E-state index contributed by atoms with van der Waals surface area (Å²) in [6, 6.07) is 6.59. The molecule has 0 bridgehead atoms. The Balaban J connectivity index is 2.45. The molecular weight excluding hydrogens is 206 g/mol. The highest BCUT2D eigenvalue weighted by Gasteiger charge is 2.07. The highest BCUT2D eigenvalue weighted by atomic mass is 16.3. The number of benzene rings is 1. The smallest absolute Gasteiger partial charge is 0.224 e. The lowest BCUT2D eigenvalue weighted by Gasteiger charge is -2.12. The number of amides is 1. The van der Waals surface area contributed by atoms with Gasteiger partial charge in [0.2, 0.25) is 5.91 Å². The Morgan fingerprint density at radius 2 is 2.25 bits per heavy atom. The van der Waals surface area contributed by atoms with Gasteiger partial charge in [-0.25, -0.2) is 0 Å². The van der Waals surface area contributed by atoms with Gasteiger partial charge in [-0.2, -0.15) is 0 Å². The lowest BCUT2D eigenvalue weighted by Crippen LogP contribution is -2.34. The molecule has 0 saturated carbocycles. The highest BCUT2D eigenvalue weighted by molar-refractivity contribution is 5.78. The molecule has 1 atom stereocenters. The van der Waals surface area contributed by atoms with Crippen molar-refractivity contribution in [2.75, 3.05) is 6.61 Å². The standard InChI is InChI=1S/C12H17NO3/c1-9(5-6-14)13-12(16)8-10-3-2-4-11(15)7-10/h2-4,7,9,14-15H,5-6,8H2,1H3,(H,13,16). The Bertz CT molecular complexity index is 352. The van der Waals surface area contributed by atoms with Crippen LogP contribution < -0.4 is 5.32 Å². The maximum Gasteiger partial charge on any atom is 0.224 e. The van der Waals surface area contributed by atoms with Gasteiger partial charge in [0, 0.05) is 12.6 Å². The molecule has 1 rings (SSSR count). The molecule has 0 aliphatic heterocycles. The lowest BCUT2D eigenvalue weighted by molar-refractivity contribution is -0.121. The van der Waals surface area contributed by atoms with Gasteiger partial charge in [0.1, 0.15) is 5.75 Å². The predicted molar refractivity (Wildman–Crippen MR) is 61.1 cm³/mol. The van der Waals surface area contributed by atoms with Crippen LogP contribution in [0.5, 0.6) is 5.75 Å². The Kier molecular flexibility index (Phi) is 4.79. The molecule has 0 radical (unpaired) electrons. The van der Waals surface area contributed by atoms with Gasteiger partial charge in [0.05, 0.1) is 6.42 Å². The highest BCUT2D eigenvalue weighted by Crippen LogP contribution is 2.11. The van der Waals surface area contributed by atoms with E-state index in [1.54, 1.807) is 24.3 Å². The van der Waals surface area contributed by atoms with E-state index in [2.05, 4.69) is 5.32 Å². The number of phenols is 1. The van der Waals surface area contributed by atoms with E-state index in [1.165, 1.54) is 0 Å². The molecule has 0 spiro atoms. The Labute approximate surface area is 94.9 Å². The molecule has 1 aromatic carbocycles. The average molecular weight is 223 g/mol. The number of hydrogen-bond donors (Lipinski definition) is 3. The van der Waals surface area contributed by atoms with Crippen LogP contribution >= 0.6 is 0 Å². The largest absolute Gasteiger partial charge is 0.508 e. The third-order valence-electron chi connectivity index (χ3n) is 2.24. The molecule has 0 fully saturated rings. The third kappa shape index (κ3) is 4.31. The van der Waals surface area contributed by atoms with Gasteiger partial charge >= 0.3 is 0 Å². The van der Waals surface area contributed by atoms with Gasteiger partial charge in [-0.15, -0.1) is 0 Å². The summed E-state index contributed by atoms with van der Waals surface area (Å²) in [5.41, 5.74) is 0.772. The number of aliphatic hydroxyl groups is 1. The van der Waals surface area contributed by atoms with Crippen molar-refractivity contribution in [2.24, 2.45) is 0 Å². The fraction of sp³-hybridized carbons (Fsp3) is 0.417. The number of nitrogens with one attached hydrogen (secondary N) is 1. The van der Waals surface area contributed by atoms with E-state index in [-0.39, 0.29) is 30.7 Å². The Hall–Kier alpha value is -1.55. The first-order valence-electron chi connectivity index (χ1n) is 5.30. The van der Waals surface area contributed by atoms with Crippen LogP contribution in [0, 0.1) is 0 Å². The zero-order chi connectivity index (χ0) is 12.0. The van der Waals surface area contributed by atoms with E-state index in [9.17, 15) is 9.90 Å². The molecule has 3 N–H and O–H groups in total. The molecule has 1 aromatic rings. The molecule has 4 heteroatoms. The van der Waals surface area contributed by atoms with Crippen LogP contribution in [-0.4, -0.2) is 28.8 Å². The number of phenolic OH excluding ortho intramolecular Hbond substituents is 1. The average Bonchev–Trinajstić information content (AvgIpc) is 2.17. The van der Waals surface area contributed by atoms with E-state index in [4.69, 9.17) is 5.11 Å². The van der Waals surface area contributed by atoms with Crippen molar-refractivity contribution >= 4 is 5.91 Å². The first-order valence-corrected chi connectivity index (χ1v) is 5.30. The van der Waals surface area contributed by atoms with Crippen molar-refractivity contribution in [3.63, 3.8) is 0 Å². The van der Waals surface area contributed by atoms with Gasteiger partial charge < -0.3 is 15.5 Å². The first kappa shape index (κ1) is 12.5. The van der Waals surface area contributed by atoms with Crippen molar-refractivity contribution in [2.45, 2.75) is 25.8 Å². The van der Waals surface area contributed by atoms with Crippen LogP contribution in [0.25, 0.3) is 0 Å². The maximum atomic E-state index is 11.5. The SMILES string of the molecule is CC(CCO)NC(=O)Cc1cccc(O)c1. The molecule has 0 aliphatic rings. The zero-order valence-corrected chi connectivity index (χ0v) is 9.31. The normalized spacial score (nSPS) is 12.1. The van der Waals surface area contributed by atoms with Crippen LogP contribution in [0.3, 0.4) is 0 Å². The van der Waals surface area contributed by atoms with Crippen molar-refractivity contribution in [1.29, 1.82) is 0 Å². The molecule has 0 aromatic heterocycles. The summed E-state index contributed by atoms with van der Waals surface area (Å²) >= 11 is 0. The fourth-order valence-electron chi connectivity index (χ4n) is 1.44. The predicted octanol–water partition coefficient (Wildman–Crippen LogP) is 0.822. The quantitative estimate of drug-likeness (QED) is 0.692. The minimum atomic E-state index is -0.105. The van der Waals surface area contributed by atoms with E-state index < -0.39 is 0 Å². The van der Waals surface area contributed by atoms with E-state index >= 15 is 0 Å². The second-order valence-electron chi connectivity index (χ2n) is 3.83. The summed E-state index contributed by atoms with van der Waals surface area (Å²) in [5.74, 6) is 0.0558. The molecule has 4 nitrogen and oxygen atoms in total. The van der Waals surface area contributed by atoms with Crippen LogP contribution in [-0.2, 0) is 11.2 Å². The topological polar surface area (TPSA) is 69.6 Å². The minimum Gasteiger partial charge on any atom is -0.508 e. The number of aliphatic hydroxyl groups excluding tert-OH is 1. The van der Waals surface area contributed by atoms with Gasteiger partial charge in [0.15, 0.2) is 0 Å². The Morgan fingerprint density at radius 1 is 1.50 bits per heavy atom. The minimum absolute atomic E-state index is 0.0326. The van der Waals surface area contributed by atoms with Gasteiger partial charge in [-0.3, -0.25) is 4.79 Å². The monoisotopic (exact) mass is 223 g/mol. The number of carbonyl (C=O) groups is 1. The van der Waals surface area contributed by atoms with Crippen molar-refractivity contribution < 1.29 is 15.0 Å². The molecule has 1 unspecified atom stereocenters. The van der Waals surface area contributed by atoms with Gasteiger partial charge in [0.25, 0.3) is 0 Å². The summed E-state index contributed by atoms with van der Waals surface area (Å²) in [6.07, 6.45) is 0.788. The number of hydrogen-bond acceptors (Lipinski definition) is 3. The fourth-order valence-corrected chi connectivity index (χ4v) is 1.44. The van der Waals surface area contributed by atoms with Crippen molar-refractivity contribution in [3.8, 4) is 5.75 Å². The molecule has 0 saturated heterocycles. The van der Waals surface area contributed by atoms with Crippen molar-refractivity contribution in [1.82, 2.24) is 5.32 Å². The summed E-state index contributed by atoms with van der Waals surface area (Å²) in [4.78, 5) is 11.5. The summed E-state index contributed by atoms with van der Waals surface area (Å²) in [5, 5.41) is 20.7.